The van der Waals surface area contributed by atoms with E-state index in [1.54, 1.807) is 5.57 Å². The zero-order chi connectivity index (χ0) is 29.3. The third-order valence-corrected chi connectivity index (χ3v) is 11.1. The number of likely N-dealkylation sites (tertiary alicyclic amines) is 1. The highest BCUT2D eigenvalue weighted by molar-refractivity contribution is 6.52. The number of allylic oxidation sites excluding steroid dienone is 6. The second-order valence-electron chi connectivity index (χ2n) is 13.5. The molecule has 7 heteroatoms. The van der Waals surface area contributed by atoms with E-state index in [0.29, 0.717) is 12.0 Å². The maximum Gasteiger partial charge on any atom is 0.134 e. The van der Waals surface area contributed by atoms with Gasteiger partial charge in [0.15, 0.2) is 0 Å². The highest BCUT2D eigenvalue weighted by Gasteiger charge is 2.45. The molecule has 5 atom stereocenters. The Bertz CT molecular complexity index is 1460. The van der Waals surface area contributed by atoms with Crippen molar-refractivity contribution in [1.29, 1.82) is 0 Å². The number of nitrogens with one attached hydrogen (secondary N) is 3. The van der Waals surface area contributed by atoms with Gasteiger partial charge in [0.2, 0.25) is 0 Å². The lowest BCUT2D eigenvalue weighted by molar-refractivity contribution is 0.0170. The largest absolute Gasteiger partial charge is 0.353 e. The molecule has 1 aromatic rings. The predicted octanol–water partition coefficient (Wildman–Crippen LogP) is 6.04. The third kappa shape index (κ3) is 5.18. The molecule has 7 nitrogen and oxygen atoms in total. The van der Waals surface area contributed by atoms with Crippen LogP contribution in [-0.4, -0.2) is 53.1 Å². The molecule has 0 aromatic heterocycles. The molecule has 3 fully saturated rings. The SMILES string of the molecule is C1=C2C(CCC1)CCNC2C1=C(N2CCCC3CCCCC32)N(C2NCCc3ccccc32)NN=C1C1=N/C=C\C=C/C=C\1. The van der Waals surface area contributed by atoms with Crippen LogP contribution < -0.4 is 16.2 Å². The molecular weight excluding hydrogens is 542 g/mol. The number of aliphatic imine (C=N–C) groups is 1. The minimum Gasteiger partial charge on any atom is -0.353 e. The van der Waals surface area contributed by atoms with Crippen molar-refractivity contribution in [3.8, 4) is 0 Å². The molecule has 0 spiro atoms. The van der Waals surface area contributed by atoms with E-state index in [1.165, 1.54) is 86.7 Å². The molecule has 3 N–H and O–H groups in total. The van der Waals surface area contributed by atoms with Crippen LogP contribution in [0.2, 0.25) is 0 Å². The smallest absolute Gasteiger partial charge is 0.134 e. The van der Waals surface area contributed by atoms with Gasteiger partial charge in [0.25, 0.3) is 0 Å². The number of hydrogen-bond acceptors (Lipinski definition) is 7. The third-order valence-electron chi connectivity index (χ3n) is 11.1. The van der Waals surface area contributed by atoms with Gasteiger partial charge in [-0.2, -0.15) is 5.10 Å². The van der Waals surface area contributed by atoms with Crippen LogP contribution in [0.1, 0.15) is 81.5 Å². The molecule has 2 aliphatic carbocycles. The van der Waals surface area contributed by atoms with Crippen molar-refractivity contribution in [3.05, 3.63) is 95.0 Å². The van der Waals surface area contributed by atoms with Gasteiger partial charge in [-0.05, 0) is 105 Å². The lowest BCUT2D eigenvalue weighted by atomic mass is 9.74. The second kappa shape index (κ2) is 12.5. The van der Waals surface area contributed by atoms with Gasteiger partial charge in [-0.1, -0.05) is 61.4 Å². The minimum absolute atomic E-state index is 0.00316. The van der Waals surface area contributed by atoms with Gasteiger partial charge < -0.3 is 10.2 Å². The van der Waals surface area contributed by atoms with Crippen LogP contribution in [0.25, 0.3) is 0 Å². The molecule has 7 aliphatic rings. The highest BCUT2D eigenvalue weighted by atomic mass is 15.7. The fraction of sp³-hybridized carbons (Fsp3) is 0.514. The van der Waals surface area contributed by atoms with E-state index in [9.17, 15) is 0 Å². The van der Waals surface area contributed by atoms with Gasteiger partial charge >= 0.3 is 0 Å². The first-order chi connectivity index (χ1) is 21.9. The van der Waals surface area contributed by atoms with E-state index in [1.807, 2.05) is 18.4 Å². The van der Waals surface area contributed by atoms with E-state index in [0.717, 1.165) is 43.4 Å². The van der Waals surface area contributed by atoms with E-state index in [2.05, 4.69) is 74.6 Å². The van der Waals surface area contributed by atoms with Crippen molar-refractivity contribution in [2.75, 3.05) is 19.6 Å². The lowest BCUT2D eigenvalue weighted by Gasteiger charge is -2.52. The van der Waals surface area contributed by atoms with Crippen molar-refractivity contribution < 1.29 is 0 Å². The summed E-state index contributed by atoms with van der Waals surface area (Å²) in [5.41, 5.74) is 11.2. The summed E-state index contributed by atoms with van der Waals surface area (Å²) in [5.74, 6) is 2.71. The average molecular weight is 590 g/mol. The normalized spacial score (nSPS) is 35.3. The Balaban J connectivity index is 1.34. The highest BCUT2D eigenvalue weighted by Crippen LogP contribution is 2.44. The standard InChI is InChI=1S/C37H47N7/c1-2-10-22-38-31(18-3-1)35-33(34-29-16-7-4-12-26(29)20-23-39-34)37(43-25-11-15-28-14-6-9-19-32(28)43)44(42-41-35)36-30-17-8-5-13-27(30)21-24-40-36/h1-3,5,8,10,13,16-18,22,26,28,32,34,36,39-40,42H,4,6-7,9,11-12,14-15,19-21,23-25H2/b2-1-,3-1?,10-2?,18-3-,22-10-,31-18?,38-22?,38-31+. The topological polar surface area (TPSA) is 67.3 Å². The first-order valence-electron chi connectivity index (χ1n) is 17.3. The molecule has 0 bridgehead atoms. The first kappa shape index (κ1) is 28.1. The quantitative estimate of drug-likeness (QED) is 0.374. The lowest BCUT2D eigenvalue weighted by Crippen LogP contribution is -2.59. The monoisotopic (exact) mass is 589 g/mol. The van der Waals surface area contributed by atoms with Gasteiger partial charge in [0, 0.05) is 30.9 Å². The van der Waals surface area contributed by atoms with Crippen LogP contribution in [-0.2, 0) is 6.42 Å². The summed E-state index contributed by atoms with van der Waals surface area (Å²) >= 11 is 0. The number of piperidine rings is 2. The molecule has 5 unspecified atom stereocenters. The van der Waals surface area contributed by atoms with Crippen LogP contribution in [0, 0.1) is 11.8 Å². The Hall–Kier alpha value is -3.42. The van der Waals surface area contributed by atoms with E-state index in [4.69, 9.17) is 10.1 Å². The molecule has 2 saturated heterocycles. The Morgan fingerprint density at radius 1 is 0.841 bits per heavy atom. The molecule has 8 rings (SSSR count). The van der Waals surface area contributed by atoms with Gasteiger partial charge in [-0.15, -0.1) is 0 Å². The summed E-state index contributed by atoms with van der Waals surface area (Å²) in [6.45, 7) is 3.07. The van der Waals surface area contributed by atoms with E-state index >= 15 is 0 Å². The van der Waals surface area contributed by atoms with Gasteiger partial charge in [-0.3, -0.25) is 10.3 Å². The van der Waals surface area contributed by atoms with Crippen molar-refractivity contribution in [3.63, 3.8) is 0 Å². The Morgan fingerprint density at radius 2 is 1.75 bits per heavy atom. The number of fused-ring (bicyclic) bond motifs is 3. The number of rotatable bonds is 4. The van der Waals surface area contributed by atoms with E-state index < -0.39 is 0 Å². The predicted molar refractivity (Wildman–Crippen MR) is 179 cm³/mol. The summed E-state index contributed by atoms with van der Waals surface area (Å²) in [7, 11) is 0. The Morgan fingerprint density at radius 3 is 2.75 bits per heavy atom. The summed E-state index contributed by atoms with van der Waals surface area (Å²) in [6.07, 6.45) is 28.8. The zero-order valence-electron chi connectivity index (χ0n) is 25.9. The molecule has 1 saturated carbocycles. The van der Waals surface area contributed by atoms with E-state index in [-0.39, 0.29) is 12.2 Å². The first-order valence-corrected chi connectivity index (χ1v) is 17.3. The number of nitrogens with zero attached hydrogens (tertiary/aromatic N) is 4. The van der Waals surface area contributed by atoms with Gasteiger partial charge in [0.1, 0.15) is 17.7 Å². The van der Waals surface area contributed by atoms with Gasteiger partial charge in [-0.25, -0.2) is 10.5 Å². The average Bonchev–Trinajstić information content (AvgIpc) is 3.07. The van der Waals surface area contributed by atoms with Crippen molar-refractivity contribution in [2.24, 2.45) is 21.9 Å². The summed E-state index contributed by atoms with van der Waals surface area (Å²) in [5, 5.41) is 15.6. The Kier molecular flexibility index (Phi) is 7.99. The molecule has 5 heterocycles. The van der Waals surface area contributed by atoms with Crippen LogP contribution >= 0.6 is 0 Å². The number of hydrazone groups is 1. The van der Waals surface area contributed by atoms with Crippen LogP contribution in [0.3, 0.4) is 0 Å². The summed E-state index contributed by atoms with van der Waals surface area (Å²) in [4.78, 5) is 7.80. The van der Waals surface area contributed by atoms with Gasteiger partial charge in [0.05, 0.1) is 11.8 Å². The fourth-order valence-corrected chi connectivity index (χ4v) is 9.03. The molecule has 1 aromatic carbocycles. The zero-order valence-corrected chi connectivity index (χ0v) is 25.9. The van der Waals surface area contributed by atoms with Crippen molar-refractivity contribution in [1.82, 2.24) is 26.1 Å². The maximum absolute atomic E-state index is 5.26. The molecule has 44 heavy (non-hydrogen) atoms. The van der Waals surface area contributed by atoms with Crippen LogP contribution in [0.4, 0.5) is 0 Å². The molecule has 0 amide bonds. The number of benzene rings is 1. The molecular formula is C37H47N7. The van der Waals surface area contributed by atoms with Crippen molar-refractivity contribution in [2.45, 2.75) is 88.9 Å². The summed E-state index contributed by atoms with van der Waals surface area (Å²) in [6, 6.07) is 9.66. The fourth-order valence-electron chi connectivity index (χ4n) is 9.03. The second-order valence-corrected chi connectivity index (χ2v) is 13.5. The number of hydrazine groups is 1. The van der Waals surface area contributed by atoms with Crippen LogP contribution in [0.5, 0.6) is 0 Å². The van der Waals surface area contributed by atoms with Crippen molar-refractivity contribution >= 4 is 11.4 Å². The Labute approximate surface area is 262 Å². The van der Waals surface area contributed by atoms with Crippen LogP contribution in [0.15, 0.2) is 94.0 Å². The minimum atomic E-state index is -0.00316. The molecule has 230 valence electrons. The maximum atomic E-state index is 5.26. The number of hydrogen-bond donors (Lipinski definition) is 3. The molecule has 0 radical (unpaired) electrons. The summed E-state index contributed by atoms with van der Waals surface area (Å²) < 4.78 is 0. The molecule has 5 aliphatic heterocycles.